The highest BCUT2D eigenvalue weighted by atomic mass is 32.2. The van der Waals surface area contributed by atoms with E-state index in [1.165, 1.54) is 13.0 Å². The van der Waals surface area contributed by atoms with Crippen molar-refractivity contribution in [1.29, 1.82) is 0 Å². The molecule has 0 saturated heterocycles. The summed E-state index contributed by atoms with van der Waals surface area (Å²) < 4.78 is 29.9. The minimum atomic E-state index is -3.67. The molecule has 0 bridgehead atoms. The normalized spacial score (nSPS) is 11.6. The van der Waals surface area contributed by atoms with Gasteiger partial charge in [-0.25, -0.2) is 13.1 Å². The number of amides is 1. The molecule has 0 unspecified atom stereocenters. The molecule has 0 fully saturated rings. The van der Waals surface area contributed by atoms with Crippen LogP contribution in [-0.4, -0.2) is 30.7 Å². The van der Waals surface area contributed by atoms with Crippen LogP contribution in [0, 0.1) is 20.8 Å². The molecule has 1 amide bonds. The Morgan fingerprint density at radius 3 is 2.59 bits per heavy atom. The molecule has 9 heteroatoms. The Kier molecular flexibility index (Phi) is 6.21. The maximum atomic E-state index is 12.7. The van der Waals surface area contributed by atoms with E-state index in [0.29, 0.717) is 17.8 Å². The third kappa shape index (κ3) is 4.75. The number of carbonyl (C=O) groups excluding carboxylic acids is 1. The molecule has 0 radical (unpaired) electrons. The Morgan fingerprint density at radius 1 is 1.21 bits per heavy atom. The van der Waals surface area contributed by atoms with E-state index < -0.39 is 10.0 Å². The molecule has 29 heavy (non-hydrogen) atoms. The topological polar surface area (TPSA) is 93.1 Å². The first-order valence-electron chi connectivity index (χ1n) is 9.15. The highest BCUT2D eigenvalue weighted by Gasteiger charge is 2.18. The Bertz CT molecular complexity index is 1130. The molecule has 0 spiro atoms. The second-order valence-electron chi connectivity index (χ2n) is 6.81. The summed E-state index contributed by atoms with van der Waals surface area (Å²) in [5, 5.41) is 9.24. The summed E-state index contributed by atoms with van der Waals surface area (Å²) in [6.45, 7) is 7.72. The zero-order valence-electron chi connectivity index (χ0n) is 16.8. The monoisotopic (exact) mass is 432 g/mol. The van der Waals surface area contributed by atoms with Crippen LogP contribution >= 0.6 is 11.3 Å². The molecule has 2 heterocycles. The minimum Gasteiger partial charge on any atom is -0.326 e. The summed E-state index contributed by atoms with van der Waals surface area (Å²) in [5.41, 5.74) is 4.18. The van der Waals surface area contributed by atoms with Gasteiger partial charge in [0.1, 0.15) is 0 Å². The maximum Gasteiger partial charge on any atom is 0.240 e. The fraction of sp³-hybridized carbons (Fsp3) is 0.300. The van der Waals surface area contributed by atoms with Gasteiger partial charge in [-0.15, -0.1) is 11.3 Å². The molecule has 0 atom stereocenters. The average Bonchev–Trinajstić information content (AvgIpc) is 3.22. The van der Waals surface area contributed by atoms with Crippen LogP contribution in [0.4, 0.5) is 5.69 Å². The van der Waals surface area contributed by atoms with Gasteiger partial charge in [0.2, 0.25) is 15.9 Å². The van der Waals surface area contributed by atoms with E-state index in [9.17, 15) is 13.2 Å². The number of anilines is 1. The van der Waals surface area contributed by atoms with Crippen molar-refractivity contribution in [3.05, 3.63) is 52.7 Å². The molecule has 154 valence electrons. The van der Waals surface area contributed by atoms with Crippen LogP contribution in [0.3, 0.4) is 0 Å². The number of nitrogens with one attached hydrogen (secondary N) is 2. The highest BCUT2D eigenvalue weighted by Crippen LogP contribution is 2.30. The molecule has 2 N–H and O–H groups in total. The molecule has 0 aliphatic rings. The van der Waals surface area contributed by atoms with Gasteiger partial charge >= 0.3 is 0 Å². The lowest BCUT2D eigenvalue weighted by atomic mass is 10.1. The van der Waals surface area contributed by atoms with E-state index in [1.54, 1.807) is 30.4 Å². The van der Waals surface area contributed by atoms with E-state index in [4.69, 9.17) is 0 Å². The molecule has 0 aliphatic carbocycles. The number of hydrogen-bond acceptors (Lipinski definition) is 5. The molecule has 0 aliphatic heterocycles. The summed E-state index contributed by atoms with van der Waals surface area (Å²) in [6, 6.07) is 8.79. The van der Waals surface area contributed by atoms with Crippen molar-refractivity contribution < 1.29 is 13.2 Å². The van der Waals surface area contributed by atoms with Crippen LogP contribution < -0.4 is 10.0 Å². The van der Waals surface area contributed by atoms with Crippen LogP contribution in [0.2, 0.25) is 0 Å². The second-order valence-corrected chi connectivity index (χ2v) is 9.49. The number of hydrogen-bond donors (Lipinski definition) is 2. The van der Waals surface area contributed by atoms with Gasteiger partial charge < -0.3 is 5.32 Å². The largest absolute Gasteiger partial charge is 0.326 e. The molecule has 3 aromatic rings. The van der Waals surface area contributed by atoms with Crippen molar-refractivity contribution in [2.45, 2.75) is 39.1 Å². The minimum absolute atomic E-state index is 0.194. The standard InChI is InChI=1S/C20H24N4O3S2/c1-13-12-17(22-16(4)25)7-8-19(13)29(26,27)21-9-10-24-15(3)20(14(2)23-24)18-6-5-11-28-18/h5-8,11-12,21H,9-10H2,1-4H3,(H,22,25). The predicted octanol–water partition coefficient (Wildman–Crippen LogP) is 3.47. The van der Waals surface area contributed by atoms with Gasteiger partial charge in [-0.05, 0) is 56.0 Å². The number of aromatic nitrogens is 2. The number of thiophene rings is 1. The predicted molar refractivity (Wildman–Crippen MR) is 116 cm³/mol. The first-order valence-corrected chi connectivity index (χ1v) is 11.5. The molecule has 0 saturated carbocycles. The molecule has 7 nitrogen and oxygen atoms in total. The van der Waals surface area contributed by atoms with Crippen LogP contribution in [0.15, 0.2) is 40.6 Å². The van der Waals surface area contributed by atoms with Gasteiger partial charge in [-0.1, -0.05) is 6.07 Å². The van der Waals surface area contributed by atoms with E-state index in [1.807, 2.05) is 30.0 Å². The van der Waals surface area contributed by atoms with Crippen molar-refractivity contribution in [1.82, 2.24) is 14.5 Å². The zero-order valence-corrected chi connectivity index (χ0v) is 18.4. The quantitative estimate of drug-likeness (QED) is 0.598. The van der Waals surface area contributed by atoms with Crippen LogP contribution in [0.5, 0.6) is 0 Å². The van der Waals surface area contributed by atoms with Crippen LogP contribution in [0.25, 0.3) is 10.4 Å². The summed E-state index contributed by atoms with van der Waals surface area (Å²) in [4.78, 5) is 12.5. The van der Waals surface area contributed by atoms with Gasteiger partial charge in [0.15, 0.2) is 0 Å². The van der Waals surface area contributed by atoms with E-state index in [0.717, 1.165) is 21.8 Å². The van der Waals surface area contributed by atoms with E-state index in [-0.39, 0.29) is 17.3 Å². The third-order valence-electron chi connectivity index (χ3n) is 4.55. The molecule has 1 aromatic carbocycles. The fourth-order valence-electron chi connectivity index (χ4n) is 3.29. The molecular formula is C20H24N4O3S2. The Hall–Kier alpha value is -2.49. The SMILES string of the molecule is CC(=O)Nc1ccc(S(=O)(=O)NCCn2nc(C)c(-c3cccs3)c2C)c(C)c1. The van der Waals surface area contributed by atoms with Gasteiger partial charge in [0.25, 0.3) is 0 Å². The van der Waals surface area contributed by atoms with E-state index >= 15 is 0 Å². The van der Waals surface area contributed by atoms with Crippen molar-refractivity contribution >= 4 is 33.0 Å². The van der Waals surface area contributed by atoms with Crippen molar-refractivity contribution in [3.63, 3.8) is 0 Å². The fourth-order valence-corrected chi connectivity index (χ4v) is 5.41. The number of sulfonamides is 1. The first kappa shape index (κ1) is 21.2. The lowest BCUT2D eigenvalue weighted by Crippen LogP contribution is -2.28. The summed E-state index contributed by atoms with van der Waals surface area (Å²) in [7, 11) is -3.67. The second kappa shape index (κ2) is 8.48. The zero-order chi connectivity index (χ0) is 21.2. The first-order chi connectivity index (χ1) is 13.7. The van der Waals surface area contributed by atoms with Gasteiger partial charge in [-0.3, -0.25) is 9.48 Å². The third-order valence-corrected chi connectivity index (χ3v) is 7.06. The number of nitrogens with zero attached hydrogens (tertiary/aromatic N) is 2. The summed E-state index contributed by atoms with van der Waals surface area (Å²) in [6.07, 6.45) is 0. The lowest BCUT2D eigenvalue weighted by Gasteiger charge is -2.12. The Balaban J connectivity index is 1.70. The van der Waals surface area contributed by atoms with Crippen molar-refractivity contribution in [2.24, 2.45) is 0 Å². The Labute approximate surface area is 174 Å². The van der Waals surface area contributed by atoms with Gasteiger partial charge in [-0.2, -0.15) is 5.10 Å². The molecular weight excluding hydrogens is 408 g/mol. The maximum absolute atomic E-state index is 12.7. The number of rotatable bonds is 7. The smallest absolute Gasteiger partial charge is 0.240 e. The summed E-state index contributed by atoms with van der Waals surface area (Å²) >= 11 is 1.66. The van der Waals surface area contributed by atoms with Crippen LogP contribution in [-0.2, 0) is 21.4 Å². The Morgan fingerprint density at radius 2 is 1.97 bits per heavy atom. The molecule has 2 aromatic heterocycles. The van der Waals surface area contributed by atoms with Gasteiger partial charge in [0, 0.05) is 35.3 Å². The number of carbonyl (C=O) groups is 1. The van der Waals surface area contributed by atoms with Crippen molar-refractivity contribution in [3.8, 4) is 10.4 Å². The van der Waals surface area contributed by atoms with Gasteiger partial charge in [0.05, 0.1) is 17.1 Å². The molecule has 3 rings (SSSR count). The average molecular weight is 433 g/mol. The van der Waals surface area contributed by atoms with Crippen molar-refractivity contribution in [2.75, 3.05) is 11.9 Å². The highest BCUT2D eigenvalue weighted by molar-refractivity contribution is 7.89. The summed E-state index contributed by atoms with van der Waals surface area (Å²) in [5.74, 6) is -0.204. The number of aryl methyl sites for hydroxylation is 2. The lowest BCUT2D eigenvalue weighted by molar-refractivity contribution is -0.114. The van der Waals surface area contributed by atoms with E-state index in [2.05, 4.69) is 21.2 Å². The number of benzene rings is 1. The van der Waals surface area contributed by atoms with Crippen LogP contribution in [0.1, 0.15) is 23.9 Å².